The topological polar surface area (TPSA) is 51.1 Å². The van der Waals surface area contributed by atoms with Crippen LogP contribution in [0.2, 0.25) is 0 Å². The number of benzene rings is 2. The van der Waals surface area contributed by atoms with Gasteiger partial charge in [-0.3, -0.25) is 9.59 Å². The Morgan fingerprint density at radius 3 is 2.40 bits per heavy atom. The van der Waals surface area contributed by atoms with Gasteiger partial charge < -0.3 is 9.88 Å². The average molecular weight is 336 g/mol. The van der Waals surface area contributed by atoms with Crippen LogP contribution >= 0.6 is 0 Å². The van der Waals surface area contributed by atoms with Gasteiger partial charge in [0, 0.05) is 11.9 Å². The first-order chi connectivity index (χ1) is 12.0. The SMILES string of the molecule is Cc1ccc(NC(=O)c2cccn(Cc3ccc(F)cc3)c2=O)cc1. The van der Waals surface area contributed by atoms with Crippen molar-refractivity contribution in [3.8, 4) is 0 Å². The van der Waals surface area contributed by atoms with Crippen molar-refractivity contribution in [1.29, 1.82) is 0 Å². The third-order valence-corrected chi connectivity index (χ3v) is 3.84. The van der Waals surface area contributed by atoms with Crippen molar-refractivity contribution < 1.29 is 9.18 Å². The number of nitrogens with zero attached hydrogens (tertiary/aromatic N) is 1. The molecule has 1 amide bonds. The highest BCUT2D eigenvalue weighted by atomic mass is 19.1. The quantitative estimate of drug-likeness (QED) is 0.791. The third-order valence-electron chi connectivity index (χ3n) is 3.84. The second-order valence-corrected chi connectivity index (χ2v) is 5.80. The van der Waals surface area contributed by atoms with E-state index in [9.17, 15) is 14.0 Å². The van der Waals surface area contributed by atoms with E-state index in [4.69, 9.17) is 0 Å². The fourth-order valence-electron chi connectivity index (χ4n) is 2.46. The van der Waals surface area contributed by atoms with Crippen LogP contribution in [0.3, 0.4) is 0 Å². The lowest BCUT2D eigenvalue weighted by Crippen LogP contribution is -2.29. The third kappa shape index (κ3) is 4.01. The zero-order valence-corrected chi connectivity index (χ0v) is 13.7. The summed E-state index contributed by atoms with van der Waals surface area (Å²) in [5.41, 5.74) is 2.16. The standard InChI is InChI=1S/C20H17FN2O2/c1-14-4-10-17(11-5-14)22-19(24)18-3-2-12-23(20(18)25)13-15-6-8-16(21)9-7-15/h2-12H,13H2,1H3,(H,22,24). The van der Waals surface area contributed by atoms with Crippen LogP contribution in [-0.2, 0) is 6.54 Å². The number of nitrogens with one attached hydrogen (secondary N) is 1. The molecule has 25 heavy (non-hydrogen) atoms. The summed E-state index contributed by atoms with van der Waals surface area (Å²) in [6.45, 7) is 2.22. The van der Waals surface area contributed by atoms with E-state index in [1.54, 1.807) is 36.5 Å². The smallest absolute Gasteiger partial charge is 0.263 e. The van der Waals surface area contributed by atoms with Crippen LogP contribution in [0.25, 0.3) is 0 Å². The Bertz CT molecular complexity index is 945. The molecule has 0 fully saturated rings. The molecule has 0 spiro atoms. The van der Waals surface area contributed by atoms with E-state index in [0.29, 0.717) is 5.69 Å². The minimum atomic E-state index is -0.456. The van der Waals surface area contributed by atoms with Crippen LogP contribution in [0.1, 0.15) is 21.5 Å². The number of hydrogen-bond donors (Lipinski definition) is 1. The van der Waals surface area contributed by atoms with Gasteiger partial charge in [0.15, 0.2) is 0 Å². The highest BCUT2D eigenvalue weighted by molar-refractivity contribution is 6.03. The zero-order valence-electron chi connectivity index (χ0n) is 13.7. The van der Waals surface area contributed by atoms with Crippen molar-refractivity contribution in [2.45, 2.75) is 13.5 Å². The minimum absolute atomic E-state index is 0.0604. The first kappa shape index (κ1) is 16.6. The van der Waals surface area contributed by atoms with Gasteiger partial charge in [-0.1, -0.05) is 29.8 Å². The Hall–Kier alpha value is -3.21. The molecule has 0 bridgehead atoms. The summed E-state index contributed by atoms with van der Waals surface area (Å²) in [6.07, 6.45) is 1.61. The Kier molecular flexibility index (Phi) is 4.75. The van der Waals surface area contributed by atoms with Crippen LogP contribution < -0.4 is 10.9 Å². The summed E-state index contributed by atoms with van der Waals surface area (Å²) in [7, 11) is 0. The van der Waals surface area contributed by atoms with Gasteiger partial charge in [0.05, 0.1) is 6.54 Å². The molecule has 0 saturated carbocycles. The summed E-state index contributed by atoms with van der Waals surface area (Å²) in [5, 5.41) is 2.72. The Balaban J connectivity index is 1.82. The molecule has 0 saturated heterocycles. The van der Waals surface area contributed by atoms with Crippen molar-refractivity contribution in [2.75, 3.05) is 5.32 Å². The van der Waals surface area contributed by atoms with Gasteiger partial charge in [-0.15, -0.1) is 0 Å². The first-order valence-corrected chi connectivity index (χ1v) is 7.85. The lowest BCUT2D eigenvalue weighted by atomic mass is 10.2. The maximum Gasteiger partial charge on any atom is 0.263 e. The van der Waals surface area contributed by atoms with E-state index in [1.165, 1.54) is 22.8 Å². The molecule has 1 aromatic heterocycles. The van der Waals surface area contributed by atoms with Crippen LogP contribution in [0, 0.1) is 12.7 Å². The molecule has 4 nitrogen and oxygen atoms in total. The molecule has 0 unspecified atom stereocenters. The molecule has 0 aliphatic rings. The van der Waals surface area contributed by atoms with Crippen molar-refractivity contribution in [3.63, 3.8) is 0 Å². The van der Waals surface area contributed by atoms with Crippen LogP contribution in [0.5, 0.6) is 0 Å². The molecule has 1 N–H and O–H groups in total. The molecule has 0 atom stereocenters. The monoisotopic (exact) mass is 336 g/mol. The molecule has 0 aliphatic heterocycles. The number of aromatic nitrogens is 1. The number of rotatable bonds is 4. The fraction of sp³-hybridized carbons (Fsp3) is 0.100. The Morgan fingerprint density at radius 2 is 1.72 bits per heavy atom. The van der Waals surface area contributed by atoms with Crippen LogP contribution in [0.15, 0.2) is 71.7 Å². The van der Waals surface area contributed by atoms with Crippen molar-refractivity contribution >= 4 is 11.6 Å². The summed E-state index contributed by atoms with van der Waals surface area (Å²) in [5.74, 6) is -0.787. The molecular formula is C20H17FN2O2. The van der Waals surface area contributed by atoms with Gasteiger partial charge >= 0.3 is 0 Å². The second-order valence-electron chi connectivity index (χ2n) is 5.80. The zero-order chi connectivity index (χ0) is 17.8. The molecule has 2 aromatic carbocycles. The number of carbonyl (C=O) groups is 1. The number of anilines is 1. The maximum absolute atomic E-state index is 13.0. The van der Waals surface area contributed by atoms with E-state index in [0.717, 1.165) is 11.1 Å². The lowest BCUT2D eigenvalue weighted by molar-refractivity contribution is 0.102. The molecule has 1 heterocycles. The number of halogens is 1. The van der Waals surface area contributed by atoms with Gasteiger partial charge in [0.1, 0.15) is 11.4 Å². The predicted octanol–water partition coefficient (Wildman–Crippen LogP) is 3.60. The van der Waals surface area contributed by atoms with E-state index in [1.807, 2.05) is 19.1 Å². The second kappa shape index (κ2) is 7.13. The van der Waals surface area contributed by atoms with Gasteiger partial charge in [0.2, 0.25) is 0 Å². The molecule has 5 heteroatoms. The lowest BCUT2D eigenvalue weighted by Gasteiger charge is -2.09. The highest BCUT2D eigenvalue weighted by Crippen LogP contribution is 2.10. The molecule has 0 aliphatic carbocycles. The average Bonchev–Trinajstić information content (AvgIpc) is 2.60. The molecule has 126 valence electrons. The predicted molar refractivity (Wildman–Crippen MR) is 95.3 cm³/mol. The van der Waals surface area contributed by atoms with Crippen molar-refractivity contribution in [1.82, 2.24) is 4.57 Å². The van der Waals surface area contributed by atoms with E-state index in [-0.39, 0.29) is 17.9 Å². The minimum Gasteiger partial charge on any atom is -0.322 e. The van der Waals surface area contributed by atoms with Crippen molar-refractivity contribution in [2.24, 2.45) is 0 Å². The Labute approximate surface area is 144 Å². The number of pyridine rings is 1. The molecule has 3 aromatic rings. The first-order valence-electron chi connectivity index (χ1n) is 7.85. The van der Waals surface area contributed by atoms with Gasteiger partial charge in [-0.2, -0.15) is 0 Å². The van der Waals surface area contributed by atoms with Gasteiger partial charge in [-0.05, 0) is 48.9 Å². The summed E-state index contributed by atoms with van der Waals surface area (Å²) < 4.78 is 14.4. The summed E-state index contributed by atoms with van der Waals surface area (Å²) >= 11 is 0. The fourth-order valence-corrected chi connectivity index (χ4v) is 2.46. The summed E-state index contributed by atoms with van der Waals surface area (Å²) in [4.78, 5) is 24.9. The van der Waals surface area contributed by atoms with E-state index >= 15 is 0 Å². The summed E-state index contributed by atoms with van der Waals surface area (Å²) in [6, 6.07) is 16.4. The number of amides is 1. The number of carbonyl (C=O) groups excluding carboxylic acids is 1. The maximum atomic E-state index is 13.0. The van der Waals surface area contributed by atoms with Gasteiger partial charge in [-0.25, -0.2) is 4.39 Å². The molecular weight excluding hydrogens is 319 g/mol. The van der Waals surface area contributed by atoms with E-state index in [2.05, 4.69) is 5.32 Å². The van der Waals surface area contributed by atoms with Crippen molar-refractivity contribution in [3.05, 3.63) is 99.7 Å². The van der Waals surface area contributed by atoms with Crippen LogP contribution in [-0.4, -0.2) is 10.5 Å². The van der Waals surface area contributed by atoms with Crippen LogP contribution in [0.4, 0.5) is 10.1 Å². The number of aryl methyl sites for hydroxylation is 1. The normalized spacial score (nSPS) is 10.5. The van der Waals surface area contributed by atoms with Gasteiger partial charge in [0.25, 0.3) is 11.5 Å². The molecule has 0 radical (unpaired) electrons. The highest BCUT2D eigenvalue weighted by Gasteiger charge is 2.12. The largest absolute Gasteiger partial charge is 0.322 e. The van der Waals surface area contributed by atoms with E-state index < -0.39 is 11.5 Å². The number of hydrogen-bond acceptors (Lipinski definition) is 2. The Morgan fingerprint density at radius 1 is 1.04 bits per heavy atom. The molecule has 3 rings (SSSR count).